The molecule has 1 fully saturated rings. The Hall–Kier alpha value is -1.08. The molecule has 5 heteroatoms. The van der Waals surface area contributed by atoms with Gasteiger partial charge < -0.3 is 10.6 Å². The van der Waals surface area contributed by atoms with Crippen molar-refractivity contribution in [1.29, 1.82) is 0 Å². The Labute approximate surface area is 175 Å². The first-order valence-corrected chi connectivity index (χ1v) is 9.65. The summed E-state index contributed by atoms with van der Waals surface area (Å²) in [5.74, 6) is 1.79. The number of hydrogen-bond acceptors (Lipinski definition) is 2. The fourth-order valence-electron chi connectivity index (χ4n) is 3.55. The van der Waals surface area contributed by atoms with Gasteiger partial charge in [0.1, 0.15) is 0 Å². The van der Waals surface area contributed by atoms with E-state index < -0.39 is 0 Å². The quantitative estimate of drug-likeness (QED) is 0.298. The maximum Gasteiger partial charge on any atom is 0.191 e. The van der Waals surface area contributed by atoms with Crippen LogP contribution in [0.3, 0.4) is 0 Å². The molecule has 26 heavy (non-hydrogen) atoms. The highest BCUT2D eigenvalue weighted by Gasteiger charge is 2.15. The molecule has 0 radical (unpaired) electrons. The fraction of sp³-hybridized carbons (Fsp3) is 0.571. The lowest BCUT2D eigenvalue weighted by atomic mass is 9.99. The minimum Gasteiger partial charge on any atom is -0.353 e. The molecule has 0 atom stereocenters. The average Bonchev–Trinajstić information content (AvgIpc) is 3.15. The molecule has 2 aliphatic rings. The van der Waals surface area contributed by atoms with Gasteiger partial charge in [-0.25, -0.2) is 0 Å². The van der Waals surface area contributed by atoms with Gasteiger partial charge in [0.2, 0.25) is 0 Å². The molecule has 0 bridgehead atoms. The Bertz CT molecular complexity index is 581. The number of rotatable bonds is 5. The van der Waals surface area contributed by atoms with Gasteiger partial charge in [-0.2, -0.15) is 0 Å². The van der Waals surface area contributed by atoms with Crippen LogP contribution in [0.4, 0.5) is 0 Å². The van der Waals surface area contributed by atoms with E-state index in [0.29, 0.717) is 6.04 Å². The third kappa shape index (κ3) is 6.58. The second-order valence-electron chi connectivity index (χ2n) is 7.49. The molecule has 0 saturated carbocycles. The number of piperidine rings is 1. The lowest BCUT2D eigenvalue weighted by molar-refractivity contribution is 0.185. The van der Waals surface area contributed by atoms with Gasteiger partial charge >= 0.3 is 0 Å². The van der Waals surface area contributed by atoms with Crippen molar-refractivity contribution in [3.05, 3.63) is 47.5 Å². The molecule has 144 valence electrons. The largest absolute Gasteiger partial charge is 0.353 e. The standard InChI is InChI=1S/C21H32N4.HI/c1-17-11-13-25(14-12-17)16-19-9-7-18(8-10-19)15-23-21(22-2)24-20-5-3-4-6-20;/h3-4,7-10,17,20H,5-6,11-16H2,1-2H3,(H2,22,23,24);1H. The summed E-state index contributed by atoms with van der Waals surface area (Å²) in [5.41, 5.74) is 2.71. The SMILES string of the molecule is CN=C(NCc1ccc(CN2CCC(C)CC2)cc1)NC1CC=CC1.I. The second-order valence-corrected chi connectivity index (χ2v) is 7.49. The summed E-state index contributed by atoms with van der Waals surface area (Å²) in [6, 6.07) is 9.50. The predicted molar refractivity (Wildman–Crippen MR) is 121 cm³/mol. The van der Waals surface area contributed by atoms with Crippen LogP contribution in [0.5, 0.6) is 0 Å². The van der Waals surface area contributed by atoms with Crippen molar-refractivity contribution >= 4 is 29.9 Å². The van der Waals surface area contributed by atoms with Crippen molar-refractivity contribution in [1.82, 2.24) is 15.5 Å². The number of likely N-dealkylation sites (tertiary alicyclic amines) is 1. The lowest BCUT2D eigenvalue weighted by Gasteiger charge is -2.30. The number of halogens is 1. The minimum atomic E-state index is 0. The number of nitrogens with zero attached hydrogens (tertiary/aromatic N) is 2. The molecule has 2 N–H and O–H groups in total. The Kier molecular flexibility index (Phi) is 8.91. The zero-order valence-corrected chi connectivity index (χ0v) is 18.4. The third-order valence-corrected chi connectivity index (χ3v) is 5.34. The van der Waals surface area contributed by atoms with Gasteiger partial charge in [0.15, 0.2) is 5.96 Å². The highest BCUT2D eigenvalue weighted by molar-refractivity contribution is 14.0. The van der Waals surface area contributed by atoms with Gasteiger partial charge in [0.05, 0.1) is 0 Å². The molecule has 0 spiro atoms. The Morgan fingerprint density at radius 2 is 1.69 bits per heavy atom. The molecule has 0 unspecified atom stereocenters. The fourth-order valence-corrected chi connectivity index (χ4v) is 3.55. The Balaban J connectivity index is 0.00000243. The number of aliphatic imine (C=N–C) groups is 1. The summed E-state index contributed by atoms with van der Waals surface area (Å²) in [6.45, 7) is 6.73. The zero-order valence-electron chi connectivity index (χ0n) is 16.1. The highest BCUT2D eigenvalue weighted by atomic mass is 127. The molecule has 0 aromatic heterocycles. The Morgan fingerprint density at radius 3 is 2.31 bits per heavy atom. The summed E-state index contributed by atoms with van der Waals surface area (Å²) in [6.07, 6.45) is 9.31. The van der Waals surface area contributed by atoms with Crippen LogP contribution in [0.1, 0.15) is 43.7 Å². The molecule has 4 nitrogen and oxygen atoms in total. The number of hydrogen-bond donors (Lipinski definition) is 2. The summed E-state index contributed by atoms with van der Waals surface area (Å²) in [5, 5.41) is 6.89. The van der Waals surface area contributed by atoms with Crippen LogP contribution >= 0.6 is 24.0 Å². The van der Waals surface area contributed by atoms with Gasteiger partial charge in [-0.15, -0.1) is 24.0 Å². The van der Waals surface area contributed by atoms with Crippen LogP contribution < -0.4 is 10.6 Å². The van der Waals surface area contributed by atoms with Gasteiger partial charge in [-0.3, -0.25) is 9.89 Å². The van der Waals surface area contributed by atoms with Crippen molar-refractivity contribution in [2.45, 2.75) is 51.7 Å². The molecule has 1 aliphatic carbocycles. The van der Waals surface area contributed by atoms with Gasteiger partial charge in [0, 0.05) is 26.2 Å². The molecular formula is C21H33IN4. The van der Waals surface area contributed by atoms with E-state index in [9.17, 15) is 0 Å². The van der Waals surface area contributed by atoms with E-state index in [1.54, 1.807) is 0 Å². The Morgan fingerprint density at radius 1 is 1.08 bits per heavy atom. The topological polar surface area (TPSA) is 39.7 Å². The molecule has 1 aromatic rings. The van der Waals surface area contributed by atoms with Crippen molar-refractivity contribution < 1.29 is 0 Å². The predicted octanol–water partition coefficient (Wildman–Crippen LogP) is 3.92. The van der Waals surface area contributed by atoms with E-state index >= 15 is 0 Å². The lowest BCUT2D eigenvalue weighted by Crippen LogP contribution is -2.42. The summed E-state index contributed by atoms with van der Waals surface area (Å²) < 4.78 is 0. The molecule has 1 saturated heterocycles. The van der Waals surface area contributed by atoms with E-state index in [4.69, 9.17) is 0 Å². The van der Waals surface area contributed by atoms with E-state index in [1.165, 1.54) is 37.1 Å². The normalized spacial score (nSPS) is 19.4. The molecule has 3 rings (SSSR count). The van der Waals surface area contributed by atoms with Crippen molar-refractivity contribution in [3.63, 3.8) is 0 Å². The van der Waals surface area contributed by atoms with E-state index in [2.05, 4.69) is 63.9 Å². The zero-order chi connectivity index (χ0) is 17.5. The van der Waals surface area contributed by atoms with Crippen LogP contribution in [0.2, 0.25) is 0 Å². The van der Waals surface area contributed by atoms with Crippen LogP contribution in [0, 0.1) is 5.92 Å². The molecule has 1 heterocycles. The van der Waals surface area contributed by atoms with Crippen LogP contribution in [-0.4, -0.2) is 37.0 Å². The van der Waals surface area contributed by atoms with Gasteiger partial charge in [-0.1, -0.05) is 43.3 Å². The first kappa shape index (κ1) is 21.2. The van der Waals surface area contributed by atoms with Crippen molar-refractivity contribution in [2.24, 2.45) is 10.9 Å². The maximum absolute atomic E-state index is 4.33. The molecule has 1 aliphatic heterocycles. The first-order chi connectivity index (χ1) is 12.2. The van der Waals surface area contributed by atoms with Crippen LogP contribution in [-0.2, 0) is 13.1 Å². The number of nitrogens with one attached hydrogen (secondary N) is 2. The number of benzene rings is 1. The van der Waals surface area contributed by atoms with Crippen LogP contribution in [0.15, 0.2) is 41.4 Å². The second kappa shape index (κ2) is 10.9. The summed E-state index contributed by atoms with van der Waals surface area (Å²) in [7, 11) is 1.83. The van der Waals surface area contributed by atoms with Crippen LogP contribution in [0.25, 0.3) is 0 Å². The first-order valence-electron chi connectivity index (χ1n) is 9.65. The van der Waals surface area contributed by atoms with Gasteiger partial charge in [0.25, 0.3) is 0 Å². The van der Waals surface area contributed by atoms with Crippen molar-refractivity contribution in [2.75, 3.05) is 20.1 Å². The number of guanidine groups is 1. The van der Waals surface area contributed by atoms with E-state index in [-0.39, 0.29) is 24.0 Å². The van der Waals surface area contributed by atoms with E-state index in [0.717, 1.165) is 37.8 Å². The average molecular weight is 468 g/mol. The highest BCUT2D eigenvalue weighted by Crippen LogP contribution is 2.18. The smallest absolute Gasteiger partial charge is 0.191 e. The van der Waals surface area contributed by atoms with Gasteiger partial charge in [-0.05, 0) is 55.8 Å². The maximum atomic E-state index is 4.33. The molecule has 1 aromatic carbocycles. The third-order valence-electron chi connectivity index (χ3n) is 5.34. The van der Waals surface area contributed by atoms with Crippen molar-refractivity contribution in [3.8, 4) is 0 Å². The summed E-state index contributed by atoms with van der Waals surface area (Å²) >= 11 is 0. The summed E-state index contributed by atoms with van der Waals surface area (Å²) in [4.78, 5) is 6.91. The molecule has 0 amide bonds. The monoisotopic (exact) mass is 468 g/mol. The van der Waals surface area contributed by atoms with E-state index in [1.807, 2.05) is 7.05 Å². The minimum absolute atomic E-state index is 0. The molecular weight excluding hydrogens is 435 g/mol.